The van der Waals surface area contributed by atoms with E-state index in [4.69, 9.17) is 0 Å². The second-order valence-corrected chi connectivity index (χ2v) is 6.73. The minimum Gasteiger partial charge on any atom is -0.344 e. The van der Waals surface area contributed by atoms with Crippen molar-refractivity contribution in [2.45, 2.75) is 32.9 Å². The van der Waals surface area contributed by atoms with Crippen LogP contribution in [-0.2, 0) is 6.54 Å². The lowest BCUT2D eigenvalue weighted by Crippen LogP contribution is -2.28. The third-order valence-electron chi connectivity index (χ3n) is 4.86. The number of pyridine rings is 1. The maximum absolute atomic E-state index is 12.7. The van der Waals surface area contributed by atoms with Crippen molar-refractivity contribution < 1.29 is 4.79 Å². The van der Waals surface area contributed by atoms with E-state index in [0.29, 0.717) is 12.2 Å². The summed E-state index contributed by atoms with van der Waals surface area (Å²) in [4.78, 5) is 21.3. The fraction of sp³-hybridized carbons (Fsp3) is 0.238. The molecule has 0 aliphatic rings. The zero-order valence-electron chi connectivity index (χ0n) is 15.9. The fourth-order valence-electron chi connectivity index (χ4n) is 3.37. The van der Waals surface area contributed by atoms with Gasteiger partial charge in [0, 0.05) is 12.4 Å². The molecule has 1 atom stereocenters. The van der Waals surface area contributed by atoms with E-state index < -0.39 is 0 Å². The van der Waals surface area contributed by atoms with Gasteiger partial charge in [-0.1, -0.05) is 19.1 Å². The molecule has 0 aliphatic carbocycles. The number of H-pyrrole nitrogens is 1. The molecule has 28 heavy (non-hydrogen) atoms. The number of para-hydroxylation sites is 2. The van der Waals surface area contributed by atoms with E-state index in [9.17, 15) is 4.79 Å². The van der Waals surface area contributed by atoms with Gasteiger partial charge in [0.25, 0.3) is 5.91 Å². The van der Waals surface area contributed by atoms with Crippen molar-refractivity contribution in [1.29, 1.82) is 0 Å². The average molecular weight is 374 g/mol. The van der Waals surface area contributed by atoms with Crippen LogP contribution in [-0.4, -0.2) is 30.6 Å². The summed E-state index contributed by atoms with van der Waals surface area (Å²) in [5.41, 5.74) is 4.28. The summed E-state index contributed by atoms with van der Waals surface area (Å²) in [7, 11) is 0. The lowest BCUT2D eigenvalue weighted by molar-refractivity contribution is 0.0930. The summed E-state index contributed by atoms with van der Waals surface area (Å²) in [6.07, 6.45) is 4.25. The Morgan fingerprint density at radius 2 is 2.00 bits per heavy atom. The molecule has 0 radical (unpaired) electrons. The second-order valence-electron chi connectivity index (χ2n) is 6.73. The van der Waals surface area contributed by atoms with Gasteiger partial charge in [-0.15, -0.1) is 0 Å². The molecule has 0 saturated carbocycles. The number of aryl methyl sites for hydroxylation is 1. The topological polar surface area (TPSA) is 88.5 Å². The Bertz CT molecular complexity index is 1100. The SMILES string of the molecule is CCC(NC(=O)c1cc(Cn2c(C)nc3ccccc32)[nH]n1)c1ccncc1. The van der Waals surface area contributed by atoms with Crippen LogP contribution >= 0.6 is 0 Å². The molecule has 0 bridgehead atoms. The molecule has 0 spiro atoms. The molecule has 1 amide bonds. The van der Waals surface area contributed by atoms with Gasteiger partial charge in [-0.2, -0.15) is 5.10 Å². The maximum atomic E-state index is 12.7. The summed E-state index contributed by atoms with van der Waals surface area (Å²) in [6, 6.07) is 13.6. The van der Waals surface area contributed by atoms with Crippen molar-refractivity contribution in [3.63, 3.8) is 0 Å². The number of carbonyl (C=O) groups is 1. The Labute approximate surface area is 162 Å². The van der Waals surface area contributed by atoms with Crippen molar-refractivity contribution in [2.24, 2.45) is 0 Å². The average Bonchev–Trinajstić information content (AvgIpc) is 3.32. The lowest BCUT2D eigenvalue weighted by atomic mass is 10.1. The molecular formula is C21H22N6O. The van der Waals surface area contributed by atoms with Crippen LogP contribution in [0, 0.1) is 6.92 Å². The number of imidazole rings is 1. The summed E-state index contributed by atoms with van der Waals surface area (Å²) < 4.78 is 2.11. The van der Waals surface area contributed by atoms with Gasteiger partial charge in [-0.05, 0) is 49.2 Å². The van der Waals surface area contributed by atoms with Gasteiger partial charge in [0.05, 0.1) is 29.3 Å². The van der Waals surface area contributed by atoms with E-state index in [1.54, 1.807) is 18.5 Å². The number of fused-ring (bicyclic) bond motifs is 1. The van der Waals surface area contributed by atoms with Crippen LogP contribution in [0.4, 0.5) is 0 Å². The fourth-order valence-corrected chi connectivity index (χ4v) is 3.37. The van der Waals surface area contributed by atoms with Crippen molar-refractivity contribution in [2.75, 3.05) is 0 Å². The monoisotopic (exact) mass is 374 g/mol. The van der Waals surface area contributed by atoms with Crippen molar-refractivity contribution >= 4 is 16.9 Å². The Morgan fingerprint density at radius 3 is 2.79 bits per heavy atom. The number of benzene rings is 1. The summed E-state index contributed by atoms with van der Waals surface area (Å²) in [5, 5.41) is 10.2. The summed E-state index contributed by atoms with van der Waals surface area (Å²) in [6.45, 7) is 4.59. The van der Waals surface area contributed by atoms with Crippen LogP contribution in [0.1, 0.15) is 47.0 Å². The van der Waals surface area contributed by atoms with Crippen molar-refractivity contribution in [3.05, 3.63) is 77.6 Å². The van der Waals surface area contributed by atoms with Crippen LogP contribution in [0.3, 0.4) is 0 Å². The number of hydrogen-bond acceptors (Lipinski definition) is 4. The Kier molecular flexibility index (Phi) is 4.89. The van der Waals surface area contributed by atoms with E-state index >= 15 is 0 Å². The molecule has 7 nitrogen and oxygen atoms in total. The molecule has 0 saturated heterocycles. The first-order chi connectivity index (χ1) is 13.7. The van der Waals surface area contributed by atoms with Crippen LogP contribution in [0.2, 0.25) is 0 Å². The van der Waals surface area contributed by atoms with E-state index in [1.165, 1.54) is 0 Å². The minimum atomic E-state index is -0.196. The van der Waals surface area contributed by atoms with Gasteiger partial charge in [-0.25, -0.2) is 4.98 Å². The number of hydrogen-bond donors (Lipinski definition) is 2. The first kappa shape index (κ1) is 17.9. The number of aromatic nitrogens is 5. The quantitative estimate of drug-likeness (QED) is 0.541. The predicted octanol–water partition coefficient (Wildman–Crippen LogP) is 3.39. The largest absolute Gasteiger partial charge is 0.344 e. The number of rotatable bonds is 6. The zero-order chi connectivity index (χ0) is 19.5. The van der Waals surface area contributed by atoms with Gasteiger partial charge in [-0.3, -0.25) is 14.9 Å². The highest BCUT2D eigenvalue weighted by Crippen LogP contribution is 2.18. The van der Waals surface area contributed by atoms with Crippen LogP contribution < -0.4 is 5.32 Å². The van der Waals surface area contributed by atoms with Crippen LogP contribution in [0.15, 0.2) is 54.9 Å². The van der Waals surface area contributed by atoms with E-state index in [-0.39, 0.29) is 11.9 Å². The van der Waals surface area contributed by atoms with Crippen molar-refractivity contribution in [1.82, 2.24) is 30.0 Å². The van der Waals surface area contributed by atoms with Gasteiger partial charge in [0.1, 0.15) is 11.5 Å². The first-order valence-electron chi connectivity index (χ1n) is 9.32. The van der Waals surface area contributed by atoms with E-state index in [2.05, 4.69) is 30.0 Å². The number of nitrogens with one attached hydrogen (secondary N) is 2. The third kappa shape index (κ3) is 3.51. The highest BCUT2D eigenvalue weighted by atomic mass is 16.2. The Morgan fingerprint density at radius 1 is 1.21 bits per heavy atom. The molecule has 7 heteroatoms. The lowest BCUT2D eigenvalue weighted by Gasteiger charge is -2.16. The molecule has 4 rings (SSSR count). The minimum absolute atomic E-state index is 0.0736. The van der Waals surface area contributed by atoms with Gasteiger partial charge in [0.15, 0.2) is 0 Å². The van der Waals surface area contributed by atoms with Gasteiger partial charge < -0.3 is 9.88 Å². The van der Waals surface area contributed by atoms with Crippen LogP contribution in [0.25, 0.3) is 11.0 Å². The van der Waals surface area contributed by atoms with E-state index in [1.807, 2.05) is 50.2 Å². The number of amides is 1. The first-order valence-corrected chi connectivity index (χ1v) is 9.32. The number of nitrogens with zero attached hydrogens (tertiary/aromatic N) is 4. The smallest absolute Gasteiger partial charge is 0.272 e. The highest BCUT2D eigenvalue weighted by molar-refractivity contribution is 5.92. The molecule has 2 N–H and O–H groups in total. The van der Waals surface area contributed by atoms with Gasteiger partial charge >= 0.3 is 0 Å². The number of carbonyl (C=O) groups excluding carboxylic acids is 1. The predicted molar refractivity (Wildman–Crippen MR) is 107 cm³/mol. The van der Waals surface area contributed by atoms with Gasteiger partial charge in [0.2, 0.25) is 0 Å². The maximum Gasteiger partial charge on any atom is 0.272 e. The van der Waals surface area contributed by atoms with E-state index in [0.717, 1.165) is 34.5 Å². The molecule has 3 aromatic heterocycles. The summed E-state index contributed by atoms with van der Waals surface area (Å²) in [5.74, 6) is 0.726. The molecule has 0 aliphatic heterocycles. The normalized spacial score (nSPS) is 12.2. The third-order valence-corrected chi connectivity index (χ3v) is 4.86. The summed E-state index contributed by atoms with van der Waals surface area (Å²) >= 11 is 0. The molecule has 1 unspecified atom stereocenters. The van der Waals surface area contributed by atoms with Crippen LogP contribution in [0.5, 0.6) is 0 Å². The van der Waals surface area contributed by atoms with Crippen molar-refractivity contribution in [3.8, 4) is 0 Å². The zero-order valence-corrected chi connectivity index (χ0v) is 15.9. The molecule has 3 heterocycles. The Hall–Kier alpha value is -3.48. The molecular weight excluding hydrogens is 352 g/mol. The molecule has 1 aromatic carbocycles. The molecule has 0 fully saturated rings. The molecule has 4 aromatic rings. The second kappa shape index (κ2) is 7.64. The molecule has 142 valence electrons. The number of aromatic amines is 1. The Balaban J connectivity index is 1.51. The highest BCUT2D eigenvalue weighted by Gasteiger charge is 2.17. The standard InChI is InChI=1S/C21H22N6O/c1-3-17(15-8-10-22-11-9-15)24-21(28)19-12-16(25-26-19)13-27-14(2)23-18-6-4-5-7-20(18)27/h4-12,17H,3,13H2,1-2H3,(H,24,28)(H,25,26).